The van der Waals surface area contributed by atoms with Gasteiger partial charge in [0.15, 0.2) is 11.0 Å². The monoisotopic (exact) mass is 433 g/mol. The van der Waals surface area contributed by atoms with E-state index in [-0.39, 0.29) is 22.9 Å². The molecule has 3 rings (SSSR count). The van der Waals surface area contributed by atoms with Crippen LogP contribution in [0.25, 0.3) is 16.7 Å². The van der Waals surface area contributed by atoms with Crippen LogP contribution < -0.4 is 0 Å². The maximum absolute atomic E-state index is 13.8. The molecule has 0 radical (unpaired) electrons. The molecule has 0 unspecified atom stereocenters. The minimum Gasteiger partial charge on any atom is -0.506 e. The number of fused-ring (bicyclic) bond motifs is 1. The van der Waals surface area contributed by atoms with Gasteiger partial charge in [0, 0.05) is 11.6 Å². The van der Waals surface area contributed by atoms with Crippen LogP contribution in [-0.2, 0) is 9.53 Å². The van der Waals surface area contributed by atoms with Crippen LogP contribution in [0.3, 0.4) is 0 Å². The molecular formula is C20H14Cl2FN3O3. The van der Waals surface area contributed by atoms with Gasteiger partial charge >= 0.3 is 5.97 Å². The molecule has 0 atom stereocenters. The summed E-state index contributed by atoms with van der Waals surface area (Å²) >= 11 is 11.5. The van der Waals surface area contributed by atoms with Crippen molar-refractivity contribution in [2.75, 3.05) is 6.61 Å². The maximum Gasteiger partial charge on any atom is 0.343 e. The summed E-state index contributed by atoms with van der Waals surface area (Å²) in [5, 5.41) is 10.7. The number of esters is 1. The number of rotatable bonds is 5. The molecule has 0 aliphatic carbocycles. The first-order chi connectivity index (χ1) is 13.9. The summed E-state index contributed by atoms with van der Waals surface area (Å²) in [6, 6.07) is 10.1. The van der Waals surface area contributed by atoms with Crippen LogP contribution in [0.15, 0.2) is 53.2 Å². The van der Waals surface area contributed by atoms with E-state index in [9.17, 15) is 14.3 Å². The summed E-state index contributed by atoms with van der Waals surface area (Å²) in [6.45, 7) is 1.66. The topological polar surface area (TPSA) is 84.7 Å². The van der Waals surface area contributed by atoms with E-state index >= 15 is 0 Å². The highest BCUT2D eigenvalue weighted by Gasteiger charge is 2.20. The Labute approximate surface area is 175 Å². The third-order valence-corrected chi connectivity index (χ3v) is 4.36. The van der Waals surface area contributed by atoms with E-state index in [1.807, 2.05) is 24.3 Å². The number of carbonyl (C=O) groups excluding carboxylic acids is 1. The minimum atomic E-state index is -0.906. The molecule has 9 heteroatoms. The van der Waals surface area contributed by atoms with E-state index in [2.05, 4.69) is 15.0 Å². The zero-order valence-corrected chi connectivity index (χ0v) is 16.6. The zero-order valence-electron chi connectivity index (χ0n) is 15.1. The predicted octanol–water partition coefficient (Wildman–Crippen LogP) is 5.31. The van der Waals surface area contributed by atoms with Crippen molar-refractivity contribution in [1.82, 2.24) is 9.97 Å². The van der Waals surface area contributed by atoms with Crippen LogP contribution in [0.2, 0.25) is 10.3 Å². The van der Waals surface area contributed by atoms with Crippen molar-refractivity contribution in [3.8, 4) is 0 Å². The Morgan fingerprint density at radius 1 is 1.28 bits per heavy atom. The number of aliphatic imine (C=N–C) groups is 1. The van der Waals surface area contributed by atoms with E-state index in [1.54, 1.807) is 13.0 Å². The van der Waals surface area contributed by atoms with Crippen molar-refractivity contribution >= 4 is 57.7 Å². The summed E-state index contributed by atoms with van der Waals surface area (Å²) in [4.78, 5) is 24.4. The van der Waals surface area contributed by atoms with Crippen molar-refractivity contribution in [3.63, 3.8) is 0 Å². The lowest BCUT2D eigenvalue weighted by molar-refractivity contribution is -0.137. The van der Waals surface area contributed by atoms with E-state index in [0.717, 1.165) is 23.2 Å². The molecule has 0 bridgehead atoms. The molecule has 0 saturated heterocycles. The number of nitrogens with zero attached hydrogens (tertiary/aromatic N) is 3. The van der Waals surface area contributed by atoms with Crippen molar-refractivity contribution in [2.45, 2.75) is 6.92 Å². The molecule has 6 nitrogen and oxygen atoms in total. The fourth-order valence-electron chi connectivity index (χ4n) is 2.45. The van der Waals surface area contributed by atoms with Crippen LogP contribution >= 0.6 is 23.2 Å². The first-order valence-electron chi connectivity index (χ1n) is 8.41. The van der Waals surface area contributed by atoms with E-state index in [0.29, 0.717) is 5.69 Å². The molecule has 1 N–H and O–H groups in total. The van der Waals surface area contributed by atoms with E-state index in [1.165, 1.54) is 6.20 Å². The number of hydrogen-bond donors (Lipinski definition) is 1. The summed E-state index contributed by atoms with van der Waals surface area (Å²) in [6.07, 6.45) is 2.61. The smallest absolute Gasteiger partial charge is 0.343 e. The maximum atomic E-state index is 13.8. The third-order valence-electron chi connectivity index (χ3n) is 3.81. The van der Waals surface area contributed by atoms with Crippen LogP contribution in [0.4, 0.5) is 10.1 Å². The predicted molar refractivity (Wildman–Crippen MR) is 110 cm³/mol. The third kappa shape index (κ3) is 4.70. The number of ether oxygens (including phenoxy) is 1. The van der Waals surface area contributed by atoms with Crippen LogP contribution in [-0.4, -0.2) is 33.9 Å². The summed E-state index contributed by atoms with van der Waals surface area (Å²) < 4.78 is 18.7. The van der Waals surface area contributed by atoms with E-state index < -0.39 is 22.7 Å². The van der Waals surface area contributed by atoms with Gasteiger partial charge in [-0.25, -0.2) is 14.2 Å². The lowest BCUT2D eigenvalue weighted by Crippen LogP contribution is -2.11. The lowest BCUT2D eigenvalue weighted by Gasteiger charge is -2.08. The second-order valence-electron chi connectivity index (χ2n) is 5.73. The van der Waals surface area contributed by atoms with Gasteiger partial charge < -0.3 is 9.84 Å². The van der Waals surface area contributed by atoms with Gasteiger partial charge in [0.25, 0.3) is 0 Å². The number of aromatic nitrogens is 2. The number of hydrogen-bond acceptors (Lipinski definition) is 6. The molecule has 1 aromatic carbocycles. The molecule has 0 amide bonds. The Morgan fingerprint density at radius 3 is 2.79 bits per heavy atom. The molecular weight excluding hydrogens is 420 g/mol. The van der Waals surface area contributed by atoms with Gasteiger partial charge in [-0.2, -0.15) is 0 Å². The second-order valence-corrected chi connectivity index (χ2v) is 6.44. The summed E-state index contributed by atoms with van der Waals surface area (Å²) in [5.74, 6) is -2.42. The van der Waals surface area contributed by atoms with Crippen LogP contribution in [0, 0.1) is 5.82 Å². The number of carbonyl (C=O) groups is 1. The number of aliphatic hydroxyl groups excluding tert-OH is 1. The molecule has 3 aromatic rings. The average molecular weight is 434 g/mol. The van der Waals surface area contributed by atoms with Crippen molar-refractivity contribution in [3.05, 3.63) is 69.9 Å². The Hall–Kier alpha value is -3.03. The van der Waals surface area contributed by atoms with Crippen molar-refractivity contribution < 1.29 is 19.0 Å². The highest BCUT2D eigenvalue weighted by atomic mass is 35.5. The Balaban J connectivity index is 2.06. The van der Waals surface area contributed by atoms with Gasteiger partial charge in [-0.1, -0.05) is 41.4 Å². The van der Waals surface area contributed by atoms with Gasteiger partial charge in [-0.05, 0) is 25.1 Å². The Kier molecular flexibility index (Phi) is 6.41. The normalized spacial score (nSPS) is 12.3. The first-order valence-corrected chi connectivity index (χ1v) is 9.17. The van der Waals surface area contributed by atoms with Crippen LogP contribution in [0.1, 0.15) is 12.5 Å². The van der Waals surface area contributed by atoms with Gasteiger partial charge in [0.1, 0.15) is 16.5 Å². The number of benzene rings is 1. The molecule has 29 heavy (non-hydrogen) atoms. The molecule has 2 aromatic heterocycles. The Bertz CT molecular complexity index is 1150. The second kappa shape index (κ2) is 8.98. The number of para-hydroxylation sites is 1. The number of pyridine rings is 2. The highest BCUT2D eigenvalue weighted by molar-refractivity contribution is 6.34. The largest absolute Gasteiger partial charge is 0.506 e. The molecule has 0 fully saturated rings. The molecule has 0 saturated carbocycles. The quantitative estimate of drug-likeness (QED) is 0.193. The summed E-state index contributed by atoms with van der Waals surface area (Å²) in [5.41, 5.74) is 0.667. The zero-order chi connectivity index (χ0) is 21.0. The highest BCUT2D eigenvalue weighted by Crippen LogP contribution is 2.27. The fourth-order valence-corrected chi connectivity index (χ4v) is 2.86. The molecule has 148 valence electrons. The molecule has 0 aliphatic heterocycles. The van der Waals surface area contributed by atoms with Crippen molar-refractivity contribution in [2.24, 2.45) is 4.99 Å². The molecule has 2 heterocycles. The van der Waals surface area contributed by atoms with E-state index in [4.69, 9.17) is 27.9 Å². The van der Waals surface area contributed by atoms with Gasteiger partial charge in [-0.3, -0.25) is 9.98 Å². The average Bonchev–Trinajstić information content (AvgIpc) is 2.70. The van der Waals surface area contributed by atoms with Crippen LogP contribution in [0.5, 0.6) is 0 Å². The SMILES string of the molecule is CCOC(=O)/C(C=Nc1cnc2ccccc2c1)=C(/O)c1cc(F)c(Cl)nc1Cl. The first kappa shape index (κ1) is 20.7. The molecule has 0 aliphatic rings. The van der Waals surface area contributed by atoms with Crippen molar-refractivity contribution in [1.29, 1.82) is 0 Å². The standard InChI is InChI=1S/C20H14Cl2FN3O3/c1-2-29-20(28)14(17(27)13-8-15(23)19(22)26-18(13)21)10-24-12-7-11-5-3-4-6-16(11)25-9-12/h3-10,27H,2H2,1H3/b17-14+,24-10?. The Morgan fingerprint density at radius 2 is 2.03 bits per heavy atom. The lowest BCUT2D eigenvalue weighted by atomic mass is 10.1. The number of halogens is 3. The minimum absolute atomic E-state index is 0.0575. The molecule has 0 spiro atoms. The number of aliphatic hydroxyl groups is 1. The van der Waals surface area contributed by atoms with Gasteiger partial charge in [0.2, 0.25) is 0 Å². The summed E-state index contributed by atoms with van der Waals surface area (Å²) in [7, 11) is 0. The fraction of sp³-hybridized carbons (Fsp3) is 0.100. The van der Waals surface area contributed by atoms with Gasteiger partial charge in [0.05, 0.1) is 29.6 Å². The van der Waals surface area contributed by atoms with Gasteiger partial charge in [-0.15, -0.1) is 0 Å².